The Bertz CT molecular complexity index is 812. The summed E-state index contributed by atoms with van der Waals surface area (Å²) in [4.78, 5) is 13.5. The molecule has 0 unspecified atom stereocenters. The fraction of sp³-hybridized carbons (Fsp3) is 0.278. The van der Waals surface area contributed by atoms with Gasteiger partial charge in [-0.15, -0.1) is 0 Å². The summed E-state index contributed by atoms with van der Waals surface area (Å²) >= 11 is 0. The minimum atomic E-state index is -3.65. The van der Waals surface area contributed by atoms with Crippen molar-refractivity contribution in [1.82, 2.24) is 4.90 Å². The first kappa shape index (κ1) is 18.0. The molecule has 0 fully saturated rings. The van der Waals surface area contributed by atoms with Crippen molar-refractivity contribution in [3.63, 3.8) is 0 Å². The number of sulfonamides is 1. The van der Waals surface area contributed by atoms with Gasteiger partial charge in [-0.25, -0.2) is 8.42 Å². The van der Waals surface area contributed by atoms with Crippen molar-refractivity contribution in [3.8, 4) is 0 Å². The topological polar surface area (TPSA) is 66.5 Å². The van der Waals surface area contributed by atoms with Gasteiger partial charge in [0.15, 0.2) is 0 Å². The number of nitrogens with one attached hydrogen (secondary N) is 1. The van der Waals surface area contributed by atoms with Gasteiger partial charge in [0.05, 0.1) is 10.6 Å². The lowest BCUT2D eigenvalue weighted by molar-refractivity contribution is -0.128. The lowest BCUT2D eigenvalue weighted by Gasteiger charge is -2.14. The summed E-state index contributed by atoms with van der Waals surface area (Å²) in [5.41, 5.74) is 2.30. The Morgan fingerprint density at radius 2 is 1.67 bits per heavy atom. The number of hydrogen-bond donors (Lipinski definition) is 1. The van der Waals surface area contributed by atoms with Gasteiger partial charge in [0.25, 0.3) is 10.0 Å². The van der Waals surface area contributed by atoms with Gasteiger partial charge in [-0.05, 0) is 37.1 Å². The molecular formula is C18H22N2O3S. The zero-order valence-electron chi connectivity index (χ0n) is 14.1. The summed E-state index contributed by atoms with van der Waals surface area (Å²) < 4.78 is 27.7. The SMILES string of the molecule is Cc1ccc(S(=O)(=O)Nc2ccccc2CCC(=O)N(C)C)cc1. The van der Waals surface area contributed by atoms with Crippen molar-refractivity contribution < 1.29 is 13.2 Å². The number of carbonyl (C=O) groups is 1. The molecule has 0 bridgehead atoms. The van der Waals surface area contributed by atoms with E-state index >= 15 is 0 Å². The van der Waals surface area contributed by atoms with E-state index in [1.807, 2.05) is 19.1 Å². The van der Waals surface area contributed by atoms with Crippen molar-refractivity contribution in [3.05, 3.63) is 59.7 Å². The molecule has 6 heteroatoms. The Labute approximate surface area is 143 Å². The maximum absolute atomic E-state index is 12.5. The van der Waals surface area contributed by atoms with E-state index in [2.05, 4.69) is 4.72 Å². The van der Waals surface area contributed by atoms with E-state index in [-0.39, 0.29) is 10.8 Å². The summed E-state index contributed by atoms with van der Waals surface area (Å²) in [5, 5.41) is 0. The molecule has 2 rings (SSSR count). The van der Waals surface area contributed by atoms with Crippen molar-refractivity contribution >= 4 is 21.6 Å². The average molecular weight is 346 g/mol. The number of benzene rings is 2. The van der Waals surface area contributed by atoms with Gasteiger partial charge in [-0.2, -0.15) is 0 Å². The van der Waals surface area contributed by atoms with Crippen molar-refractivity contribution in [1.29, 1.82) is 0 Å². The van der Waals surface area contributed by atoms with Crippen LogP contribution in [0.15, 0.2) is 53.4 Å². The molecule has 0 aliphatic rings. The minimum absolute atomic E-state index is 0.00574. The predicted octanol–water partition coefficient (Wildman–Crippen LogP) is 2.82. The number of hydrogen-bond acceptors (Lipinski definition) is 3. The molecule has 24 heavy (non-hydrogen) atoms. The lowest BCUT2D eigenvalue weighted by atomic mass is 10.1. The predicted molar refractivity (Wildman–Crippen MR) is 95.4 cm³/mol. The Balaban J connectivity index is 2.20. The van der Waals surface area contributed by atoms with Crippen LogP contribution in [-0.2, 0) is 21.2 Å². The normalized spacial score (nSPS) is 11.1. The summed E-state index contributed by atoms with van der Waals surface area (Å²) in [6, 6.07) is 13.8. The second-order valence-electron chi connectivity index (χ2n) is 5.86. The molecule has 2 aromatic rings. The smallest absolute Gasteiger partial charge is 0.261 e. The van der Waals surface area contributed by atoms with Crippen LogP contribution in [0.2, 0.25) is 0 Å². The van der Waals surface area contributed by atoms with Crippen molar-refractivity contribution in [2.45, 2.75) is 24.7 Å². The fourth-order valence-electron chi connectivity index (χ4n) is 2.22. The van der Waals surface area contributed by atoms with Crippen molar-refractivity contribution in [2.75, 3.05) is 18.8 Å². The molecule has 0 saturated carbocycles. The molecule has 1 N–H and O–H groups in total. The molecule has 0 radical (unpaired) electrons. The monoisotopic (exact) mass is 346 g/mol. The van der Waals surface area contributed by atoms with Gasteiger partial charge in [0.2, 0.25) is 5.91 Å². The molecule has 2 aromatic carbocycles. The molecule has 1 amide bonds. The van der Waals surface area contributed by atoms with E-state index in [9.17, 15) is 13.2 Å². The molecule has 0 spiro atoms. The fourth-order valence-corrected chi connectivity index (χ4v) is 3.33. The van der Waals surface area contributed by atoms with Crippen LogP contribution in [0.1, 0.15) is 17.5 Å². The van der Waals surface area contributed by atoms with Gasteiger partial charge in [-0.1, -0.05) is 35.9 Å². The highest BCUT2D eigenvalue weighted by Gasteiger charge is 2.16. The second-order valence-corrected chi connectivity index (χ2v) is 7.55. The highest BCUT2D eigenvalue weighted by molar-refractivity contribution is 7.92. The molecule has 0 atom stereocenters. The third-order valence-electron chi connectivity index (χ3n) is 3.70. The first-order valence-electron chi connectivity index (χ1n) is 7.67. The van der Waals surface area contributed by atoms with Gasteiger partial charge in [-0.3, -0.25) is 9.52 Å². The molecule has 5 nitrogen and oxygen atoms in total. The van der Waals surface area contributed by atoms with E-state index in [0.717, 1.165) is 11.1 Å². The quantitative estimate of drug-likeness (QED) is 0.875. The van der Waals surface area contributed by atoms with Crippen LogP contribution in [0.4, 0.5) is 5.69 Å². The minimum Gasteiger partial charge on any atom is -0.349 e. The summed E-state index contributed by atoms with van der Waals surface area (Å²) in [6.07, 6.45) is 0.805. The standard InChI is InChI=1S/C18H22N2O3S/c1-14-8-11-16(12-9-14)24(22,23)19-17-7-5-4-6-15(17)10-13-18(21)20(2)3/h4-9,11-12,19H,10,13H2,1-3H3. The molecule has 0 aliphatic heterocycles. The maximum atomic E-state index is 12.5. The number of rotatable bonds is 6. The van der Waals surface area contributed by atoms with Crippen LogP contribution in [0.25, 0.3) is 0 Å². The van der Waals surface area contributed by atoms with E-state index in [1.54, 1.807) is 50.5 Å². The van der Waals surface area contributed by atoms with Crippen LogP contribution in [0.5, 0.6) is 0 Å². The zero-order valence-corrected chi connectivity index (χ0v) is 14.9. The highest BCUT2D eigenvalue weighted by atomic mass is 32.2. The Hall–Kier alpha value is -2.34. The Morgan fingerprint density at radius 3 is 2.29 bits per heavy atom. The molecule has 128 valence electrons. The lowest BCUT2D eigenvalue weighted by Crippen LogP contribution is -2.22. The van der Waals surface area contributed by atoms with Crippen LogP contribution >= 0.6 is 0 Å². The zero-order chi connectivity index (χ0) is 17.7. The average Bonchev–Trinajstić information content (AvgIpc) is 2.53. The molecule has 0 heterocycles. The summed E-state index contributed by atoms with van der Waals surface area (Å²) in [5.74, 6) is 0.00574. The number of amides is 1. The molecule has 0 saturated heterocycles. The number of aryl methyl sites for hydroxylation is 2. The van der Waals surface area contributed by atoms with Gasteiger partial charge >= 0.3 is 0 Å². The van der Waals surface area contributed by atoms with Crippen LogP contribution in [0.3, 0.4) is 0 Å². The summed E-state index contributed by atoms with van der Waals surface area (Å²) in [7, 11) is -0.247. The van der Waals surface area contributed by atoms with E-state index in [0.29, 0.717) is 18.5 Å². The largest absolute Gasteiger partial charge is 0.349 e. The van der Waals surface area contributed by atoms with Crippen LogP contribution in [-0.4, -0.2) is 33.3 Å². The number of para-hydroxylation sites is 1. The van der Waals surface area contributed by atoms with Crippen LogP contribution < -0.4 is 4.72 Å². The van der Waals surface area contributed by atoms with E-state index < -0.39 is 10.0 Å². The van der Waals surface area contributed by atoms with E-state index in [1.165, 1.54) is 4.90 Å². The van der Waals surface area contributed by atoms with Crippen molar-refractivity contribution in [2.24, 2.45) is 0 Å². The summed E-state index contributed by atoms with van der Waals surface area (Å²) in [6.45, 7) is 1.90. The molecule has 0 aliphatic carbocycles. The maximum Gasteiger partial charge on any atom is 0.261 e. The van der Waals surface area contributed by atoms with Crippen LogP contribution in [0, 0.1) is 6.92 Å². The van der Waals surface area contributed by atoms with E-state index in [4.69, 9.17) is 0 Å². The highest BCUT2D eigenvalue weighted by Crippen LogP contribution is 2.21. The third-order valence-corrected chi connectivity index (χ3v) is 5.08. The van der Waals surface area contributed by atoms with Gasteiger partial charge < -0.3 is 4.90 Å². The Morgan fingerprint density at radius 1 is 1.04 bits per heavy atom. The number of nitrogens with zero attached hydrogens (tertiary/aromatic N) is 1. The molecule has 0 aromatic heterocycles. The second kappa shape index (κ2) is 7.49. The third kappa shape index (κ3) is 4.58. The first-order chi connectivity index (χ1) is 11.3. The first-order valence-corrected chi connectivity index (χ1v) is 9.15. The van der Waals surface area contributed by atoms with Gasteiger partial charge in [0, 0.05) is 20.5 Å². The Kier molecular flexibility index (Phi) is 5.62. The van der Waals surface area contributed by atoms with Gasteiger partial charge in [0.1, 0.15) is 0 Å². The molecular weight excluding hydrogens is 324 g/mol. The number of anilines is 1. The number of carbonyl (C=O) groups excluding carboxylic acids is 1.